The van der Waals surface area contributed by atoms with E-state index >= 15 is 0 Å². The molecule has 3 heteroatoms. The zero-order chi connectivity index (χ0) is 14.4. The highest BCUT2D eigenvalue weighted by atomic mass is 16.5. The first-order valence-corrected chi connectivity index (χ1v) is 7.14. The van der Waals surface area contributed by atoms with Gasteiger partial charge in [0.2, 0.25) is 0 Å². The van der Waals surface area contributed by atoms with Crippen molar-refractivity contribution in [2.24, 2.45) is 5.92 Å². The number of rotatable bonds is 7. The minimum absolute atomic E-state index is 0.530. The van der Waals surface area contributed by atoms with Gasteiger partial charge in [0.05, 0.1) is 13.2 Å². The standard InChI is InChI=1S/C16H27NO2/c1-6-12(3)11-17(7-2)14-9-8-10-15(19-5)16(14)13(4)18/h8-10,12-13,18H,6-7,11H2,1-5H3. The van der Waals surface area contributed by atoms with E-state index in [1.165, 1.54) is 0 Å². The molecule has 0 bridgehead atoms. The molecule has 0 spiro atoms. The molecule has 0 aliphatic rings. The van der Waals surface area contributed by atoms with Crippen LogP contribution in [0.3, 0.4) is 0 Å². The molecule has 0 aliphatic heterocycles. The zero-order valence-electron chi connectivity index (χ0n) is 12.8. The fourth-order valence-corrected chi connectivity index (χ4v) is 2.31. The molecule has 2 atom stereocenters. The molecule has 1 aromatic carbocycles. The first-order chi connectivity index (χ1) is 9.04. The number of ether oxygens (including phenoxy) is 1. The Bertz CT molecular complexity index is 390. The number of benzene rings is 1. The summed E-state index contributed by atoms with van der Waals surface area (Å²) in [5, 5.41) is 10.0. The second-order valence-electron chi connectivity index (χ2n) is 5.12. The summed E-state index contributed by atoms with van der Waals surface area (Å²) < 4.78 is 5.39. The summed E-state index contributed by atoms with van der Waals surface area (Å²) in [6, 6.07) is 5.96. The lowest BCUT2D eigenvalue weighted by molar-refractivity contribution is 0.194. The maximum atomic E-state index is 10.0. The van der Waals surface area contributed by atoms with Crippen molar-refractivity contribution < 1.29 is 9.84 Å². The van der Waals surface area contributed by atoms with Crippen LogP contribution in [0.1, 0.15) is 45.8 Å². The quantitative estimate of drug-likeness (QED) is 0.817. The number of aliphatic hydroxyl groups excluding tert-OH is 1. The van der Waals surface area contributed by atoms with Gasteiger partial charge in [-0.2, -0.15) is 0 Å². The Balaban J connectivity index is 3.15. The minimum atomic E-state index is -0.530. The molecule has 108 valence electrons. The molecule has 0 saturated heterocycles. The van der Waals surface area contributed by atoms with Crippen LogP contribution in [0.15, 0.2) is 18.2 Å². The number of methoxy groups -OCH3 is 1. The van der Waals surface area contributed by atoms with Crippen LogP contribution < -0.4 is 9.64 Å². The van der Waals surface area contributed by atoms with E-state index in [2.05, 4.69) is 31.7 Å². The molecule has 0 saturated carbocycles. The van der Waals surface area contributed by atoms with Crippen LogP contribution in [0.25, 0.3) is 0 Å². The van der Waals surface area contributed by atoms with Crippen molar-refractivity contribution in [3.05, 3.63) is 23.8 Å². The van der Waals surface area contributed by atoms with E-state index in [-0.39, 0.29) is 0 Å². The van der Waals surface area contributed by atoms with Gasteiger partial charge >= 0.3 is 0 Å². The number of hydrogen-bond donors (Lipinski definition) is 1. The van der Waals surface area contributed by atoms with Gasteiger partial charge in [0.1, 0.15) is 5.75 Å². The Morgan fingerprint density at radius 3 is 2.42 bits per heavy atom. The molecule has 1 aromatic rings. The Kier molecular flexibility index (Phi) is 6.16. The summed E-state index contributed by atoms with van der Waals surface area (Å²) in [4.78, 5) is 2.32. The molecule has 0 heterocycles. The maximum Gasteiger partial charge on any atom is 0.126 e. The third-order valence-electron chi connectivity index (χ3n) is 3.63. The van der Waals surface area contributed by atoms with Gasteiger partial charge in [-0.15, -0.1) is 0 Å². The highest BCUT2D eigenvalue weighted by Crippen LogP contribution is 2.34. The fourth-order valence-electron chi connectivity index (χ4n) is 2.31. The van der Waals surface area contributed by atoms with Crippen LogP contribution in [-0.2, 0) is 0 Å². The van der Waals surface area contributed by atoms with E-state index in [1.807, 2.05) is 12.1 Å². The zero-order valence-corrected chi connectivity index (χ0v) is 12.8. The predicted molar refractivity (Wildman–Crippen MR) is 81.0 cm³/mol. The van der Waals surface area contributed by atoms with Gasteiger partial charge in [-0.3, -0.25) is 0 Å². The number of hydrogen-bond acceptors (Lipinski definition) is 3. The minimum Gasteiger partial charge on any atom is -0.496 e. The van der Waals surface area contributed by atoms with E-state index in [0.717, 1.165) is 36.5 Å². The molecule has 0 aromatic heterocycles. The van der Waals surface area contributed by atoms with Crippen molar-refractivity contribution >= 4 is 5.69 Å². The van der Waals surface area contributed by atoms with E-state index < -0.39 is 6.10 Å². The number of anilines is 1. The smallest absolute Gasteiger partial charge is 0.126 e. The first-order valence-electron chi connectivity index (χ1n) is 7.14. The van der Waals surface area contributed by atoms with Crippen LogP contribution in [0.4, 0.5) is 5.69 Å². The lowest BCUT2D eigenvalue weighted by Gasteiger charge is -2.30. The van der Waals surface area contributed by atoms with Crippen LogP contribution in [0, 0.1) is 5.92 Å². The van der Waals surface area contributed by atoms with E-state index in [4.69, 9.17) is 4.74 Å². The molecule has 0 amide bonds. The van der Waals surface area contributed by atoms with Crippen LogP contribution in [-0.4, -0.2) is 25.3 Å². The van der Waals surface area contributed by atoms with Crippen LogP contribution in [0.5, 0.6) is 5.75 Å². The molecule has 19 heavy (non-hydrogen) atoms. The van der Waals surface area contributed by atoms with Crippen molar-refractivity contribution in [1.29, 1.82) is 0 Å². The summed E-state index contributed by atoms with van der Waals surface area (Å²) in [7, 11) is 1.65. The molecule has 1 N–H and O–H groups in total. The van der Waals surface area contributed by atoms with Gasteiger partial charge in [-0.25, -0.2) is 0 Å². The van der Waals surface area contributed by atoms with E-state index in [9.17, 15) is 5.11 Å². The maximum absolute atomic E-state index is 10.0. The van der Waals surface area contributed by atoms with Gasteiger partial charge in [0.25, 0.3) is 0 Å². The van der Waals surface area contributed by atoms with Gasteiger partial charge in [-0.1, -0.05) is 26.3 Å². The number of aliphatic hydroxyl groups is 1. The van der Waals surface area contributed by atoms with Crippen LogP contribution >= 0.6 is 0 Å². The summed E-state index contributed by atoms with van der Waals surface area (Å²) in [6.45, 7) is 10.3. The Hall–Kier alpha value is -1.22. The Morgan fingerprint density at radius 2 is 1.95 bits per heavy atom. The summed E-state index contributed by atoms with van der Waals surface area (Å²) in [5.41, 5.74) is 1.97. The molecule has 0 fully saturated rings. The lowest BCUT2D eigenvalue weighted by Crippen LogP contribution is -2.29. The van der Waals surface area contributed by atoms with Crippen molar-refractivity contribution in [1.82, 2.24) is 0 Å². The summed E-state index contributed by atoms with van der Waals surface area (Å²) in [5.74, 6) is 1.39. The van der Waals surface area contributed by atoms with Crippen molar-refractivity contribution in [3.8, 4) is 5.75 Å². The largest absolute Gasteiger partial charge is 0.496 e. The van der Waals surface area contributed by atoms with Crippen LogP contribution in [0.2, 0.25) is 0 Å². The summed E-state index contributed by atoms with van der Waals surface area (Å²) in [6.07, 6.45) is 0.627. The van der Waals surface area contributed by atoms with Gasteiger partial charge < -0.3 is 14.7 Å². The molecule has 2 unspecified atom stereocenters. The Labute approximate surface area is 117 Å². The van der Waals surface area contributed by atoms with Crippen molar-refractivity contribution in [3.63, 3.8) is 0 Å². The molecule has 1 rings (SSSR count). The third-order valence-corrected chi connectivity index (χ3v) is 3.63. The fraction of sp³-hybridized carbons (Fsp3) is 0.625. The average molecular weight is 265 g/mol. The summed E-state index contributed by atoms with van der Waals surface area (Å²) >= 11 is 0. The SMILES string of the molecule is CCC(C)CN(CC)c1cccc(OC)c1C(C)O. The highest BCUT2D eigenvalue weighted by Gasteiger charge is 2.18. The molecular weight excluding hydrogens is 238 g/mol. The Morgan fingerprint density at radius 1 is 1.26 bits per heavy atom. The molecule has 3 nitrogen and oxygen atoms in total. The van der Waals surface area contributed by atoms with Gasteiger partial charge in [0.15, 0.2) is 0 Å². The van der Waals surface area contributed by atoms with Crippen molar-refractivity contribution in [2.75, 3.05) is 25.1 Å². The molecule has 0 aliphatic carbocycles. The second kappa shape index (κ2) is 7.39. The normalized spacial score (nSPS) is 14.0. The number of nitrogens with zero attached hydrogens (tertiary/aromatic N) is 1. The lowest BCUT2D eigenvalue weighted by atomic mass is 10.0. The van der Waals surface area contributed by atoms with E-state index in [0.29, 0.717) is 5.92 Å². The average Bonchev–Trinajstić information content (AvgIpc) is 2.43. The highest BCUT2D eigenvalue weighted by molar-refractivity contribution is 5.60. The van der Waals surface area contributed by atoms with Gasteiger partial charge in [0, 0.05) is 24.3 Å². The van der Waals surface area contributed by atoms with E-state index in [1.54, 1.807) is 14.0 Å². The first kappa shape index (κ1) is 15.8. The topological polar surface area (TPSA) is 32.7 Å². The monoisotopic (exact) mass is 265 g/mol. The van der Waals surface area contributed by atoms with Crippen molar-refractivity contribution in [2.45, 2.75) is 40.2 Å². The third kappa shape index (κ3) is 3.87. The second-order valence-corrected chi connectivity index (χ2v) is 5.12. The van der Waals surface area contributed by atoms with Gasteiger partial charge in [-0.05, 0) is 31.9 Å². The predicted octanol–water partition coefficient (Wildman–Crippen LogP) is 3.62. The molecule has 0 radical (unpaired) electrons. The molecular formula is C16H27NO2.